The maximum atomic E-state index is 13.4. The monoisotopic (exact) mass is 1170 g/mol. The van der Waals surface area contributed by atoms with Gasteiger partial charge in [0, 0.05) is 44.0 Å². The van der Waals surface area contributed by atoms with Crippen LogP contribution in [-0.4, -0.2) is 95.7 Å². The number of rotatable bonds is 12. The first kappa shape index (κ1) is 71.5. The van der Waals surface area contributed by atoms with Crippen molar-refractivity contribution >= 4 is 123 Å². The molecule has 0 unspecified atom stereocenters. The summed E-state index contributed by atoms with van der Waals surface area (Å²) in [6.07, 6.45) is 0. The van der Waals surface area contributed by atoms with Gasteiger partial charge in [-0.05, 0) is 84.9 Å². The molecule has 4 amide bonds. The molecule has 0 saturated carbocycles. The van der Waals surface area contributed by atoms with E-state index in [1.807, 2.05) is 0 Å². The molecule has 72 heavy (non-hydrogen) atoms. The quantitative estimate of drug-likeness (QED) is 0.0402. The molecule has 6 rings (SSSR count). The summed E-state index contributed by atoms with van der Waals surface area (Å²) >= 11 is 0. The van der Waals surface area contributed by atoms with Crippen LogP contribution in [0.2, 0.25) is 0 Å². The number of hydrogen-bond acceptors (Lipinski definition) is 15. The largest absolute Gasteiger partial charge is 1.00 e. The molecule has 0 bridgehead atoms. The zero-order valence-electron chi connectivity index (χ0n) is 44.0. The normalized spacial score (nSPS) is 11.6. The van der Waals surface area contributed by atoms with E-state index < -0.39 is 141 Å². The van der Waals surface area contributed by atoms with Crippen molar-refractivity contribution in [2.45, 2.75) is 29.4 Å². The van der Waals surface area contributed by atoms with Crippen LogP contribution in [0, 0.1) is 0 Å². The number of fused-ring (bicyclic) bond motifs is 2. The Morgan fingerprint density at radius 1 is 0.361 bits per heavy atom. The van der Waals surface area contributed by atoms with E-state index in [4.69, 9.17) is 0 Å². The summed E-state index contributed by atoms with van der Waals surface area (Å²) in [6, 6.07) is 13.1. The van der Waals surface area contributed by atoms with E-state index in [0.717, 1.165) is 24.3 Å². The van der Waals surface area contributed by atoms with Crippen LogP contribution in [0.25, 0.3) is 21.5 Å². The van der Waals surface area contributed by atoms with Crippen molar-refractivity contribution in [1.82, 2.24) is 0 Å². The standard InChI is InChI=1S/C35H26N4O21S6.6Na.6H/c40-33(38-25-7-9-27(63(49,50)51)23-13-21(61(43,44)45)15-29(31(23)25)65(55,56)57)17-3-1-5-19(11-17)36-35(42)37-20-6-2-4-18(12-20)34(41)39-26-8-10-28(64(52,53)54)24-14-22(62(46,47)48)16-30(32(24)26)66(58,59)60;;;;;;;;;;;;/h1-16H,(H,38,40)(H,39,41)(H2,36,37,42)(H,43,44,45)(H,46,47,48)(H,49,50,51)(H,52,53,54)(H,55,56,57)(H,58,59,60);;;;;;;;;;;;/q;6*+1;6*-1. The third-order valence-corrected chi connectivity index (χ3v) is 14.2. The van der Waals surface area contributed by atoms with Gasteiger partial charge in [-0.3, -0.25) is 36.9 Å². The van der Waals surface area contributed by atoms with Gasteiger partial charge >= 0.3 is 183 Å². The minimum Gasteiger partial charge on any atom is -1.00 e. The van der Waals surface area contributed by atoms with Gasteiger partial charge in [0.25, 0.3) is 72.5 Å². The fraction of sp³-hybridized carbons (Fsp3) is 0. The fourth-order valence-corrected chi connectivity index (χ4v) is 10.4. The van der Waals surface area contributed by atoms with Gasteiger partial charge in [-0.15, -0.1) is 0 Å². The second kappa shape index (κ2) is 26.9. The average molecular weight is 1170 g/mol. The van der Waals surface area contributed by atoms with Crippen LogP contribution in [0.1, 0.15) is 29.3 Å². The first-order valence-corrected chi connectivity index (χ1v) is 25.8. The first-order valence-electron chi connectivity index (χ1n) is 17.2. The number of nitrogens with one attached hydrogen (secondary N) is 4. The predicted octanol–water partition coefficient (Wildman–Crippen LogP) is -13.7. The topological polar surface area (TPSA) is 426 Å². The molecular weight excluding hydrogens is 1140 g/mol. The SMILES string of the molecule is O=C(Nc1cccc(C(=O)Nc2ccc(S(=O)(=O)O)c3cc(S(=O)(=O)O)cc(S(=O)(=O)O)c23)c1)Nc1cccc(C(=O)Nc2ccc(S(=O)(=O)O)c3cc(S(=O)(=O)O)cc(S(=O)(=O)O)c23)c1.[H-].[H-].[H-].[H-].[H-].[H-].[Na+].[Na+].[Na+].[Na+].[Na+].[Na+]. The maximum Gasteiger partial charge on any atom is 1.00 e. The van der Waals surface area contributed by atoms with Crippen LogP contribution in [-0.2, 0) is 60.7 Å². The molecule has 6 aromatic rings. The smallest absolute Gasteiger partial charge is 1.00 e. The predicted molar refractivity (Wildman–Crippen MR) is 235 cm³/mol. The summed E-state index contributed by atoms with van der Waals surface area (Å²) in [4.78, 5) is 32.8. The van der Waals surface area contributed by atoms with Gasteiger partial charge in [0.1, 0.15) is 19.6 Å². The number of anilines is 4. The molecule has 0 fully saturated rings. The number of hydrogen-bond donors (Lipinski definition) is 10. The molecule has 360 valence electrons. The Morgan fingerprint density at radius 2 is 0.667 bits per heavy atom. The van der Waals surface area contributed by atoms with Crippen molar-refractivity contribution in [1.29, 1.82) is 0 Å². The molecule has 0 aliphatic carbocycles. The Balaban J connectivity index is -0.000000840. The molecule has 0 spiro atoms. The second-order valence-corrected chi connectivity index (χ2v) is 21.8. The fourth-order valence-electron chi connectivity index (χ4n) is 6.31. The third kappa shape index (κ3) is 17.3. The number of carbonyl (C=O) groups is 3. The van der Waals surface area contributed by atoms with Gasteiger partial charge in [0.15, 0.2) is 0 Å². The van der Waals surface area contributed by atoms with Gasteiger partial charge < -0.3 is 29.8 Å². The van der Waals surface area contributed by atoms with Gasteiger partial charge in [0.2, 0.25) is 0 Å². The van der Waals surface area contributed by atoms with Crippen LogP contribution < -0.4 is 199 Å². The molecule has 0 radical (unpaired) electrons. The van der Waals surface area contributed by atoms with Crippen LogP contribution in [0.4, 0.5) is 27.5 Å². The van der Waals surface area contributed by atoms with E-state index in [-0.39, 0.29) is 221 Å². The zero-order chi connectivity index (χ0) is 49.1. The van der Waals surface area contributed by atoms with Crippen molar-refractivity contribution in [2.75, 3.05) is 21.3 Å². The van der Waals surface area contributed by atoms with Crippen LogP contribution >= 0.6 is 0 Å². The minimum absolute atomic E-state index is 0. The van der Waals surface area contributed by atoms with E-state index >= 15 is 0 Å². The number of benzene rings is 6. The maximum absolute atomic E-state index is 13.4. The van der Waals surface area contributed by atoms with Crippen molar-refractivity contribution in [2.24, 2.45) is 0 Å². The molecule has 37 heteroatoms. The summed E-state index contributed by atoms with van der Waals surface area (Å²) in [5.74, 6) is -2.14. The molecule has 0 aromatic heterocycles. The Morgan fingerprint density at radius 3 is 0.944 bits per heavy atom. The van der Waals surface area contributed by atoms with Gasteiger partial charge in [-0.1, -0.05) is 12.1 Å². The van der Waals surface area contributed by atoms with Gasteiger partial charge in [-0.2, -0.15) is 50.5 Å². The van der Waals surface area contributed by atoms with Gasteiger partial charge in [0.05, 0.1) is 21.2 Å². The average Bonchev–Trinajstić information content (AvgIpc) is 3.17. The number of amides is 4. The number of urea groups is 1. The Bertz CT molecular complexity index is 3640. The van der Waals surface area contributed by atoms with Crippen LogP contribution in [0.15, 0.2) is 126 Å². The summed E-state index contributed by atoms with van der Waals surface area (Å²) in [6.45, 7) is 0. The molecule has 10 N–H and O–H groups in total. The minimum atomic E-state index is -5.45. The Kier molecular flexibility index (Phi) is 26.7. The molecular formula is C35H32N4Na6O21S6. The Labute approximate surface area is 551 Å². The third-order valence-electron chi connectivity index (χ3n) is 8.99. The van der Waals surface area contributed by atoms with E-state index in [1.54, 1.807) is 0 Å². The van der Waals surface area contributed by atoms with Crippen molar-refractivity contribution in [3.63, 3.8) is 0 Å². The Hall–Kier alpha value is -0.490. The molecule has 0 saturated heterocycles. The molecule has 0 aliphatic heterocycles. The summed E-state index contributed by atoms with van der Waals surface area (Å²) in [7, 11) is -31.9. The number of carbonyl (C=O) groups excluding carboxylic acids is 3. The van der Waals surface area contributed by atoms with E-state index in [2.05, 4.69) is 21.3 Å². The van der Waals surface area contributed by atoms with Crippen molar-refractivity contribution < 1.29 is 278 Å². The molecule has 0 heterocycles. The van der Waals surface area contributed by atoms with Crippen LogP contribution in [0.5, 0.6) is 0 Å². The van der Waals surface area contributed by atoms with Crippen molar-refractivity contribution in [3.8, 4) is 0 Å². The molecule has 0 atom stereocenters. The molecule has 6 aromatic carbocycles. The van der Waals surface area contributed by atoms with Gasteiger partial charge in [-0.25, -0.2) is 4.79 Å². The molecule has 25 nitrogen and oxygen atoms in total. The van der Waals surface area contributed by atoms with E-state index in [0.29, 0.717) is 24.3 Å². The second-order valence-electron chi connectivity index (χ2n) is 13.4. The summed E-state index contributed by atoms with van der Waals surface area (Å²) in [5, 5.41) is 5.95. The van der Waals surface area contributed by atoms with Crippen LogP contribution in [0.3, 0.4) is 0 Å². The van der Waals surface area contributed by atoms with Crippen molar-refractivity contribution in [3.05, 3.63) is 108 Å². The van der Waals surface area contributed by atoms with E-state index in [9.17, 15) is 92.2 Å². The molecule has 0 aliphatic rings. The first-order chi connectivity index (χ1) is 30.2. The summed E-state index contributed by atoms with van der Waals surface area (Å²) in [5.41, 5.74) is -1.78. The van der Waals surface area contributed by atoms with E-state index in [1.165, 1.54) is 36.4 Å². The zero-order valence-corrected chi connectivity index (χ0v) is 54.9. The summed E-state index contributed by atoms with van der Waals surface area (Å²) < 4.78 is 204.